The van der Waals surface area contributed by atoms with Gasteiger partial charge in [0.1, 0.15) is 0 Å². The van der Waals surface area contributed by atoms with Crippen molar-refractivity contribution < 1.29 is 4.74 Å². The van der Waals surface area contributed by atoms with Gasteiger partial charge in [0.15, 0.2) is 5.96 Å². The van der Waals surface area contributed by atoms with E-state index < -0.39 is 0 Å². The molecule has 0 spiro atoms. The van der Waals surface area contributed by atoms with Gasteiger partial charge in [-0.2, -0.15) is 0 Å². The lowest BCUT2D eigenvalue weighted by atomic mass is 10.1. The Morgan fingerprint density at radius 3 is 2.68 bits per heavy atom. The maximum atomic E-state index is 5.87. The van der Waals surface area contributed by atoms with Crippen LogP contribution in [-0.2, 0) is 4.74 Å². The zero-order chi connectivity index (χ0) is 19.5. The van der Waals surface area contributed by atoms with Crippen molar-refractivity contribution in [2.45, 2.75) is 45.3 Å². The number of aliphatic imine (C=N–C) groups is 1. The number of rotatable bonds is 10. The monoisotopic (exact) mass is 523 g/mol. The van der Waals surface area contributed by atoms with E-state index in [1.807, 2.05) is 11.3 Å². The minimum atomic E-state index is 0. The van der Waals surface area contributed by atoms with Crippen molar-refractivity contribution in [3.63, 3.8) is 0 Å². The Hall–Kier alpha value is -0.580. The summed E-state index contributed by atoms with van der Waals surface area (Å²) in [5.41, 5.74) is 0. The summed E-state index contributed by atoms with van der Waals surface area (Å²) in [6.07, 6.45) is 3.45. The lowest BCUT2D eigenvalue weighted by Crippen LogP contribution is -2.49. The van der Waals surface area contributed by atoms with E-state index in [9.17, 15) is 0 Å². The van der Waals surface area contributed by atoms with E-state index in [2.05, 4.69) is 65.9 Å². The largest absolute Gasteiger partial charge is 0.377 e. The fraction of sp³-hybridized carbons (Fsp3) is 0.750. The van der Waals surface area contributed by atoms with E-state index in [1.165, 1.54) is 5.00 Å². The molecule has 1 atom stereocenters. The second kappa shape index (κ2) is 14.4. The van der Waals surface area contributed by atoms with Crippen LogP contribution < -0.4 is 15.5 Å². The zero-order valence-electron chi connectivity index (χ0n) is 17.8. The zero-order valence-corrected chi connectivity index (χ0v) is 21.0. The van der Waals surface area contributed by atoms with Crippen LogP contribution in [0.15, 0.2) is 22.5 Å². The molecule has 1 aromatic heterocycles. The Morgan fingerprint density at radius 2 is 2.11 bits per heavy atom. The van der Waals surface area contributed by atoms with Crippen LogP contribution in [0, 0.1) is 0 Å². The van der Waals surface area contributed by atoms with E-state index >= 15 is 0 Å². The van der Waals surface area contributed by atoms with Crippen molar-refractivity contribution in [1.82, 2.24) is 15.5 Å². The number of piperidine rings is 1. The van der Waals surface area contributed by atoms with E-state index in [0.29, 0.717) is 12.6 Å². The van der Waals surface area contributed by atoms with Gasteiger partial charge in [-0.25, -0.2) is 0 Å². The normalized spacial score (nSPS) is 16.8. The SMILES string of the molecule is CCNC(=NCC(CCN(C)C)OCC)NC1CCN(c2cccs2)CC1.I. The molecular weight excluding hydrogens is 485 g/mol. The van der Waals surface area contributed by atoms with Gasteiger partial charge < -0.3 is 25.2 Å². The summed E-state index contributed by atoms with van der Waals surface area (Å²) in [5, 5.41) is 10.6. The number of anilines is 1. The van der Waals surface area contributed by atoms with Gasteiger partial charge in [0.05, 0.1) is 17.6 Å². The van der Waals surface area contributed by atoms with Crippen molar-refractivity contribution in [1.29, 1.82) is 0 Å². The predicted octanol–water partition coefficient (Wildman–Crippen LogP) is 3.25. The summed E-state index contributed by atoms with van der Waals surface area (Å²) < 4.78 is 5.87. The van der Waals surface area contributed by atoms with Crippen molar-refractivity contribution in [2.75, 3.05) is 58.3 Å². The Kier molecular flexibility index (Phi) is 13.1. The second-order valence-electron chi connectivity index (χ2n) is 7.25. The smallest absolute Gasteiger partial charge is 0.191 e. The van der Waals surface area contributed by atoms with Crippen molar-refractivity contribution in [3.05, 3.63) is 17.5 Å². The van der Waals surface area contributed by atoms with Crippen LogP contribution in [0.5, 0.6) is 0 Å². The van der Waals surface area contributed by atoms with Gasteiger partial charge in [-0.1, -0.05) is 0 Å². The molecule has 2 N–H and O–H groups in total. The summed E-state index contributed by atoms with van der Waals surface area (Å²) in [6, 6.07) is 4.82. The lowest BCUT2D eigenvalue weighted by Gasteiger charge is -2.33. The molecule has 8 heteroatoms. The number of guanidine groups is 1. The van der Waals surface area contributed by atoms with Crippen molar-refractivity contribution in [3.8, 4) is 0 Å². The number of hydrogen-bond acceptors (Lipinski definition) is 5. The molecule has 6 nitrogen and oxygen atoms in total. The van der Waals surface area contributed by atoms with Gasteiger partial charge in [-0.05, 0) is 64.7 Å². The number of hydrogen-bond donors (Lipinski definition) is 2. The highest BCUT2D eigenvalue weighted by Gasteiger charge is 2.21. The summed E-state index contributed by atoms with van der Waals surface area (Å²) in [5.74, 6) is 0.918. The Balaban J connectivity index is 0.00000392. The van der Waals surface area contributed by atoms with Gasteiger partial charge in [0.25, 0.3) is 0 Å². The summed E-state index contributed by atoms with van der Waals surface area (Å²) in [7, 11) is 4.20. The highest BCUT2D eigenvalue weighted by Crippen LogP contribution is 2.24. The molecule has 1 unspecified atom stereocenters. The molecule has 1 aliphatic rings. The maximum absolute atomic E-state index is 5.87. The first-order chi connectivity index (χ1) is 13.1. The predicted molar refractivity (Wildman–Crippen MR) is 133 cm³/mol. The topological polar surface area (TPSA) is 52.1 Å². The average Bonchev–Trinajstić information content (AvgIpc) is 3.19. The molecule has 2 heterocycles. The molecule has 0 saturated carbocycles. The van der Waals surface area contributed by atoms with Crippen LogP contribution in [0.1, 0.15) is 33.1 Å². The molecule has 0 aromatic carbocycles. The first kappa shape index (κ1) is 25.5. The van der Waals surface area contributed by atoms with Crippen LogP contribution in [0.4, 0.5) is 5.00 Å². The van der Waals surface area contributed by atoms with Gasteiger partial charge in [-0.15, -0.1) is 35.3 Å². The number of nitrogens with one attached hydrogen (secondary N) is 2. The second-order valence-corrected chi connectivity index (χ2v) is 8.17. The molecule has 0 amide bonds. The van der Waals surface area contributed by atoms with Crippen molar-refractivity contribution in [2.24, 2.45) is 4.99 Å². The fourth-order valence-corrected chi connectivity index (χ4v) is 4.05. The molecule has 1 aromatic rings. The van der Waals surface area contributed by atoms with Crippen LogP contribution in [0.2, 0.25) is 0 Å². The van der Waals surface area contributed by atoms with Crippen molar-refractivity contribution >= 4 is 46.3 Å². The number of halogens is 1. The Labute approximate surface area is 192 Å². The van der Waals surface area contributed by atoms with E-state index in [1.54, 1.807) is 0 Å². The average molecular weight is 524 g/mol. The maximum Gasteiger partial charge on any atom is 0.191 e. The summed E-state index contributed by atoms with van der Waals surface area (Å²) in [6.45, 7) is 9.69. The third-order valence-electron chi connectivity index (χ3n) is 4.75. The lowest BCUT2D eigenvalue weighted by molar-refractivity contribution is 0.0582. The molecular formula is C20H38IN5OS. The number of ether oxygens (including phenoxy) is 1. The number of thiophene rings is 1. The Bertz CT molecular complexity index is 533. The fourth-order valence-electron chi connectivity index (χ4n) is 3.27. The summed E-state index contributed by atoms with van der Waals surface area (Å²) >= 11 is 1.83. The van der Waals surface area contributed by atoms with Crippen LogP contribution in [-0.4, -0.2) is 76.4 Å². The first-order valence-electron chi connectivity index (χ1n) is 10.2. The Morgan fingerprint density at radius 1 is 1.36 bits per heavy atom. The van der Waals surface area contributed by atoms with Gasteiger partial charge in [0, 0.05) is 38.8 Å². The molecule has 0 bridgehead atoms. The molecule has 1 aliphatic heterocycles. The molecule has 162 valence electrons. The molecule has 1 fully saturated rings. The standard InChI is InChI=1S/C20H37N5OS.HI/c1-5-21-20(22-16-18(26-6-2)11-12-24(3)4)23-17-9-13-25(14-10-17)19-8-7-15-27-19;/h7-8,15,17-18H,5-6,9-14,16H2,1-4H3,(H2,21,22,23);1H. The quantitative estimate of drug-likeness (QED) is 0.280. The highest BCUT2D eigenvalue weighted by molar-refractivity contribution is 14.0. The number of nitrogens with zero attached hydrogens (tertiary/aromatic N) is 3. The van der Waals surface area contributed by atoms with Gasteiger partial charge >= 0.3 is 0 Å². The minimum absolute atomic E-state index is 0. The molecule has 0 aliphatic carbocycles. The molecule has 0 radical (unpaired) electrons. The summed E-state index contributed by atoms with van der Waals surface area (Å²) in [4.78, 5) is 9.49. The van der Waals surface area contributed by atoms with Gasteiger partial charge in [0.2, 0.25) is 0 Å². The minimum Gasteiger partial charge on any atom is -0.377 e. The van der Waals surface area contributed by atoms with Crippen LogP contribution >= 0.6 is 35.3 Å². The van der Waals surface area contributed by atoms with Crippen LogP contribution in [0.3, 0.4) is 0 Å². The van der Waals surface area contributed by atoms with E-state index in [-0.39, 0.29) is 30.1 Å². The molecule has 1 saturated heterocycles. The molecule has 2 rings (SSSR count). The third kappa shape index (κ3) is 9.28. The first-order valence-corrected chi connectivity index (χ1v) is 11.1. The van der Waals surface area contributed by atoms with Crippen LogP contribution in [0.25, 0.3) is 0 Å². The van der Waals surface area contributed by atoms with E-state index in [4.69, 9.17) is 9.73 Å². The highest BCUT2D eigenvalue weighted by atomic mass is 127. The third-order valence-corrected chi connectivity index (χ3v) is 5.68. The van der Waals surface area contributed by atoms with E-state index in [0.717, 1.165) is 58.0 Å². The van der Waals surface area contributed by atoms with Gasteiger partial charge in [-0.3, -0.25) is 4.99 Å². The molecule has 28 heavy (non-hydrogen) atoms.